The maximum atomic E-state index is 12.3. The Morgan fingerprint density at radius 3 is 3.00 bits per heavy atom. The van der Waals surface area contributed by atoms with Gasteiger partial charge in [0.05, 0.1) is 12.0 Å². The number of aliphatic hydroxyl groups excluding tert-OH is 1. The van der Waals surface area contributed by atoms with Crippen molar-refractivity contribution in [2.24, 2.45) is 11.8 Å². The summed E-state index contributed by atoms with van der Waals surface area (Å²) in [5.74, 6) is -0.931. The van der Waals surface area contributed by atoms with Gasteiger partial charge in [-0.1, -0.05) is 12.2 Å². The number of alkyl halides is 1. The molecule has 2 N–H and O–H groups in total. The predicted molar refractivity (Wildman–Crippen MR) is 76.7 cm³/mol. The first-order chi connectivity index (χ1) is 10.1. The van der Waals surface area contributed by atoms with E-state index in [-0.39, 0.29) is 11.8 Å². The number of esters is 1. The van der Waals surface area contributed by atoms with Crippen molar-refractivity contribution in [1.29, 1.82) is 0 Å². The van der Waals surface area contributed by atoms with E-state index in [4.69, 9.17) is 16.3 Å². The van der Waals surface area contributed by atoms with E-state index in [1.165, 1.54) is 0 Å². The van der Waals surface area contributed by atoms with Crippen molar-refractivity contribution in [1.82, 2.24) is 5.32 Å². The topological polar surface area (TPSA) is 75.6 Å². The predicted octanol–water partition coefficient (Wildman–Crippen LogP) is 1.13. The quantitative estimate of drug-likeness (QED) is 0.463. The number of allylic oxidation sites excluding steroid dienone is 1. The highest BCUT2D eigenvalue weighted by Gasteiger charge is 2.62. The van der Waals surface area contributed by atoms with Crippen molar-refractivity contribution in [3.63, 3.8) is 0 Å². The van der Waals surface area contributed by atoms with Gasteiger partial charge in [0.2, 0.25) is 5.91 Å². The Labute approximate surface area is 128 Å². The SMILES string of the molecule is O=C1N[C@]2([C@@H](O)[C@@H]3C=CCCC3)C[C@H](OC2=O)[C@H]1CCCl. The molecule has 1 aliphatic carbocycles. The number of nitrogens with one attached hydrogen (secondary N) is 1. The zero-order chi connectivity index (χ0) is 15.0. The van der Waals surface area contributed by atoms with Crippen LogP contribution in [0.25, 0.3) is 0 Å². The molecule has 5 nitrogen and oxygen atoms in total. The molecule has 0 saturated carbocycles. The highest BCUT2D eigenvalue weighted by atomic mass is 35.5. The van der Waals surface area contributed by atoms with Crippen molar-refractivity contribution in [3.05, 3.63) is 12.2 Å². The second-order valence-corrected chi connectivity index (χ2v) is 6.54. The fourth-order valence-electron chi connectivity index (χ4n) is 3.71. The van der Waals surface area contributed by atoms with Crippen LogP contribution in [0.2, 0.25) is 0 Å². The Hall–Kier alpha value is -1.07. The zero-order valence-electron chi connectivity index (χ0n) is 11.8. The Morgan fingerprint density at radius 2 is 2.33 bits per heavy atom. The van der Waals surface area contributed by atoms with Crippen LogP contribution in [0.1, 0.15) is 32.1 Å². The zero-order valence-corrected chi connectivity index (χ0v) is 12.5. The number of rotatable bonds is 4. The summed E-state index contributed by atoms with van der Waals surface area (Å²) in [7, 11) is 0. The third-order valence-corrected chi connectivity index (χ3v) is 5.12. The van der Waals surface area contributed by atoms with Gasteiger partial charge in [0.15, 0.2) is 5.54 Å². The molecule has 0 unspecified atom stereocenters. The van der Waals surface area contributed by atoms with Gasteiger partial charge in [-0.25, -0.2) is 4.79 Å². The molecule has 0 aromatic heterocycles. The van der Waals surface area contributed by atoms with Crippen LogP contribution in [-0.2, 0) is 14.3 Å². The molecule has 0 spiro atoms. The molecule has 0 aromatic carbocycles. The maximum absolute atomic E-state index is 12.3. The molecule has 2 bridgehead atoms. The van der Waals surface area contributed by atoms with E-state index in [1.54, 1.807) is 0 Å². The van der Waals surface area contributed by atoms with Crippen molar-refractivity contribution >= 4 is 23.5 Å². The highest BCUT2D eigenvalue weighted by molar-refractivity contribution is 6.18. The van der Waals surface area contributed by atoms with E-state index in [1.807, 2.05) is 12.2 Å². The summed E-state index contributed by atoms with van der Waals surface area (Å²) in [6.45, 7) is 0. The summed E-state index contributed by atoms with van der Waals surface area (Å²) in [6, 6.07) is 0. The number of amides is 1. The standard InChI is InChI=1S/C15H20ClNO4/c16-7-6-10-11-8-15(14(20)21-11,17-13(10)19)12(18)9-4-2-1-3-5-9/h2,4,9-12,18H,1,3,5-8H2,(H,17,19)/t9-,10-,11+,12+,15+/m1/s1. The fourth-order valence-corrected chi connectivity index (χ4v) is 3.95. The number of carbonyl (C=O) groups is 2. The molecular formula is C15H20ClNO4. The number of fused-ring (bicyclic) bond motifs is 2. The molecule has 6 heteroatoms. The number of hydrogen-bond acceptors (Lipinski definition) is 4. The smallest absolute Gasteiger partial charge is 0.335 e. The number of halogens is 1. The second-order valence-electron chi connectivity index (χ2n) is 6.16. The average Bonchev–Trinajstić information content (AvgIpc) is 2.77. The van der Waals surface area contributed by atoms with Gasteiger partial charge in [0.25, 0.3) is 0 Å². The van der Waals surface area contributed by atoms with Gasteiger partial charge < -0.3 is 15.2 Å². The van der Waals surface area contributed by atoms with E-state index in [2.05, 4.69) is 5.32 Å². The minimum Gasteiger partial charge on any atom is -0.460 e. The van der Waals surface area contributed by atoms with Gasteiger partial charge in [-0.05, 0) is 25.7 Å². The van der Waals surface area contributed by atoms with Crippen LogP contribution in [0.15, 0.2) is 12.2 Å². The van der Waals surface area contributed by atoms with Crippen molar-refractivity contribution in [2.45, 2.75) is 49.9 Å². The van der Waals surface area contributed by atoms with Crippen molar-refractivity contribution < 1.29 is 19.4 Å². The Bertz CT molecular complexity index is 480. The van der Waals surface area contributed by atoms with E-state index >= 15 is 0 Å². The lowest BCUT2D eigenvalue weighted by molar-refractivity contribution is -0.150. The first-order valence-electron chi connectivity index (χ1n) is 7.52. The molecule has 3 rings (SSSR count). The van der Waals surface area contributed by atoms with Crippen LogP contribution in [0.5, 0.6) is 0 Å². The number of hydrogen-bond donors (Lipinski definition) is 2. The lowest BCUT2D eigenvalue weighted by Gasteiger charge is -2.39. The Morgan fingerprint density at radius 1 is 1.52 bits per heavy atom. The number of piperidine rings is 1. The number of ether oxygens (including phenoxy) is 1. The molecule has 1 amide bonds. The van der Waals surface area contributed by atoms with Gasteiger partial charge in [0, 0.05) is 18.2 Å². The number of carbonyl (C=O) groups excluding carboxylic acids is 2. The first-order valence-corrected chi connectivity index (χ1v) is 8.06. The Balaban J connectivity index is 1.84. The van der Waals surface area contributed by atoms with Crippen molar-refractivity contribution in [3.8, 4) is 0 Å². The summed E-state index contributed by atoms with van der Waals surface area (Å²) in [6.07, 6.45) is 6.17. The molecule has 116 valence electrons. The van der Waals surface area contributed by atoms with Gasteiger partial charge in [0.1, 0.15) is 6.10 Å². The molecule has 0 aromatic rings. The molecular weight excluding hydrogens is 294 g/mol. The van der Waals surface area contributed by atoms with Crippen LogP contribution < -0.4 is 5.32 Å². The summed E-state index contributed by atoms with van der Waals surface area (Å²) in [4.78, 5) is 24.6. The maximum Gasteiger partial charge on any atom is 0.335 e. The van der Waals surface area contributed by atoms with Gasteiger partial charge in [-0.15, -0.1) is 11.6 Å². The first kappa shape index (κ1) is 14.9. The minimum absolute atomic E-state index is 0.116. The lowest BCUT2D eigenvalue weighted by Crippen LogP contribution is -2.65. The van der Waals surface area contributed by atoms with E-state index in [0.29, 0.717) is 18.7 Å². The summed E-state index contributed by atoms with van der Waals surface area (Å²) in [5.41, 5.74) is -1.28. The van der Waals surface area contributed by atoms with E-state index < -0.39 is 29.6 Å². The summed E-state index contributed by atoms with van der Waals surface area (Å²) >= 11 is 5.71. The molecule has 2 aliphatic heterocycles. The van der Waals surface area contributed by atoms with Crippen LogP contribution in [0.4, 0.5) is 0 Å². The average molecular weight is 314 g/mol. The normalized spacial score (nSPS) is 39.8. The molecule has 2 heterocycles. The molecule has 3 aliphatic rings. The highest BCUT2D eigenvalue weighted by Crippen LogP contribution is 2.41. The minimum atomic E-state index is -1.28. The Kier molecular flexibility index (Phi) is 3.97. The van der Waals surface area contributed by atoms with Crippen molar-refractivity contribution in [2.75, 3.05) is 5.88 Å². The molecule has 2 saturated heterocycles. The largest absolute Gasteiger partial charge is 0.460 e. The summed E-state index contributed by atoms with van der Waals surface area (Å²) in [5, 5.41) is 13.4. The number of aliphatic hydroxyl groups is 1. The third kappa shape index (κ3) is 2.36. The fraction of sp³-hybridized carbons (Fsp3) is 0.733. The molecule has 0 radical (unpaired) electrons. The molecule has 21 heavy (non-hydrogen) atoms. The van der Waals surface area contributed by atoms with E-state index in [0.717, 1.165) is 19.3 Å². The third-order valence-electron chi connectivity index (χ3n) is 4.90. The molecule has 2 fully saturated rings. The van der Waals surface area contributed by atoms with Crippen LogP contribution >= 0.6 is 11.6 Å². The van der Waals surface area contributed by atoms with Crippen LogP contribution in [0, 0.1) is 11.8 Å². The van der Waals surface area contributed by atoms with Gasteiger partial charge >= 0.3 is 5.97 Å². The van der Waals surface area contributed by atoms with Gasteiger partial charge in [-0.2, -0.15) is 0 Å². The molecule has 5 atom stereocenters. The van der Waals surface area contributed by atoms with Gasteiger partial charge in [-0.3, -0.25) is 4.79 Å². The lowest BCUT2D eigenvalue weighted by atomic mass is 9.74. The second kappa shape index (κ2) is 5.61. The van der Waals surface area contributed by atoms with Crippen LogP contribution in [-0.4, -0.2) is 40.6 Å². The van der Waals surface area contributed by atoms with E-state index in [9.17, 15) is 14.7 Å². The summed E-state index contributed by atoms with van der Waals surface area (Å²) < 4.78 is 5.37. The van der Waals surface area contributed by atoms with Crippen LogP contribution in [0.3, 0.4) is 0 Å². The monoisotopic (exact) mass is 313 g/mol.